The number of aliphatic hydroxyl groups excluding tert-OH is 1. The molecule has 0 aliphatic heterocycles. The van der Waals surface area contributed by atoms with E-state index in [-0.39, 0.29) is 18.6 Å². The molecule has 82 valence electrons. The third-order valence-corrected chi connectivity index (χ3v) is 2.24. The second-order valence-corrected chi connectivity index (χ2v) is 3.48. The first kappa shape index (κ1) is 11.7. The Bertz CT molecular complexity index is 322. The Hall–Kier alpha value is -1.39. The fourth-order valence-electron chi connectivity index (χ4n) is 1.13. The van der Waals surface area contributed by atoms with Gasteiger partial charge in [0.25, 0.3) is 0 Å². The van der Waals surface area contributed by atoms with E-state index in [9.17, 15) is 4.79 Å². The highest BCUT2D eigenvalue weighted by Crippen LogP contribution is 2.04. The van der Waals surface area contributed by atoms with Crippen LogP contribution in [0.4, 0.5) is 0 Å². The molecule has 0 bridgehead atoms. The van der Waals surface area contributed by atoms with E-state index in [0.29, 0.717) is 6.54 Å². The Labute approximate surface area is 89.1 Å². The highest BCUT2D eigenvalue weighted by molar-refractivity contribution is 5.79. The summed E-state index contributed by atoms with van der Waals surface area (Å²) in [4.78, 5) is 10.7. The summed E-state index contributed by atoms with van der Waals surface area (Å²) < 4.78 is 0. The Morgan fingerprint density at radius 1 is 1.40 bits per heavy atom. The largest absolute Gasteiger partial charge is 0.392 e. The van der Waals surface area contributed by atoms with Gasteiger partial charge in [-0.25, -0.2) is 0 Å². The van der Waals surface area contributed by atoms with Crippen molar-refractivity contribution in [3.63, 3.8) is 0 Å². The average molecular weight is 208 g/mol. The van der Waals surface area contributed by atoms with Crippen molar-refractivity contribution in [1.29, 1.82) is 0 Å². The minimum absolute atomic E-state index is 0.0470. The Morgan fingerprint density at radius 2 is 1.93 bits per heavy atom. The van der Waals surface area contributed by atoms with Crippen LogP contribution in [-0.4, -0.2) is 17.1 Å². The second kappa shape index (κ2) is 5.48. The number of nitrogens with one attached hydrogen (secondary N) is 1. The van der Waals surface area contributed by atoms with Crippen LogP contribution in [0.2, 0.25) is 0 Å². The number of hydrogen-bond acceptors (Lipinski definition) is 3. The van der Waals surface area contributed by atoms with Crippen molar-refractivity contribution in [2.75, 3.05) is 0 Å². The molecular weight excluding hydrogens is 192 g/mol. The van der Waals surface area contributed by atoms with E-state index in [4.69, 9.17) is 10.8 Å². The van der Waals surface area contributed by atoms with Crippen molar-refractivity contribution >= 4 is 5.91 Å². The van der Waals surface area contributed by atoms with Gasteiger partial charge in [0.2, 0.25) is 5.91 Å². The maximum absolute atomic E-state index is 10.7. The lowest BCUT2D eigenvalue weighted by Gasteiger charge is -2.09. The van der Waals surface area contributed by atoms with Crippen molar-refractivity contribution in [2.24, 2.45) is 5.73 Å². The quantitative estimate of drug-likeness (QED) is 0.644. The first-order valence-corrected chi connectivity index (χ1v) is 4.85. The Morgan fingerprint density at radius 3 is 2.40 bits per heavy atom. The van der Waals surface area contributed by atoms with E-state index in [0.717, 1.165) is 11.1 Å². The molecule has 0 saturated carbocycles. The molecule has 0 aliphatic rings. The fraction of sp³-hybridized carbons (Fsp3) is 0.364. The molecule has 0 spiro atoms. The van der Waals surface area contributed by atoms with Gasteiger partial charge in [0.15, 0.2) is 0 Å². The van der Waals surface area contributed by atoms with Gasteiger partial charge in [0, 0.05) is 6.54 Å². The zero-order chi connectivity index (χ0) is 11.3. The molecule has 0 heterocycles. The smallest absolute Gasteiger partial charge is 0.234 e. The maximum Gasteiger partial charge on any atom is 0.234 e. The van der Waals surface area contributed by atoms with Crippen LogP contribution in [0.5, 0.6) is 0 Å². The molecule has 4 nitrogen and oxygen atoms in total. The highest BCUT2D eigenvalue weighted by Gasteiger charge is 2.06. The molecule has 1 rings (SSSR count). The summed E-state index contributed by atoms with van der Waals surface area (Å²) in [6.45, 7) is 2.37. The van der Waals surface area contributed by atoms with Gasteiger partial charge in [-0.05, 0) is 18.1 Å². The van der Waals surface area contributed by atoms with Gasteiger partial charge in [-0.15, -0.1) is 0 Å². The van der Waals surface area contributed by atoms with Gasteiger partial charge >= 0.3 is 0 Å². The summed E-state index contributed by atoms with van der Waals surface area (Å²) in [7, 11) is 0. The van der Waals surface area contributed by atoms with Crippen LogP contribution in [0.15, 0.2) is 24.3 Å². The molecule has 0 aliphatic carbocycles. The lowest BCUT2D eigenvalue weighted by atomic mass is 10.1. The van der Waals surface area contributed by atoms with Gasteiger partial charge in [0.05, 0.1) is 12.6 Å². The van der Waals surface area contributed by atoms with Crippen molar-refractivity contribution < 1.29 is 9.90 Å². The topological polar surface area (TPSA) is 75.3 Å². The lowest BCUT2D eigenvalue weighted by Crippen LogP contribution is -2.38. The van der Waals surface area contributed by atoms with Gasteiger partial charge in [-0.1, -0.05) is 24.3 Å². The molecule has 0 fully saturated rings. The lowest BCUT2D eigenvalue weighted by molar-refractivity contribution is -0.119. The molecule has 1 aromatic carbocycles. The van der Waals surface area contributed by atoms with Crippen LogP contribution in [0.25, 0.3) is 0 Å². The number of hydrogen-bond donors (Lipinski definition) is 3. The monoisotopic (exact) mass is 208 g/mol. The standard InChI is InChI=1S/C11H16N2O2/c1-8(11(12)15)13-6-9-2-4-10(7-14)5-3-9/h2-5,8,13-14H,6-7H2,1H3,(H2,12,15). The summed E-state index contributed by atoms with van der Waals surface area (Å²) in [6.07, 6.45) is 0. The summed E-state index contributed by atoms with van der Waals surface area (Å²) in [6, 6.07) is 7.19. The number of aliphatic hydroxyl groups is 1. The van der Waals surface area contributed by atoms with Crippen molar-refractivity contribution in [2.45, 2.75) is 26.1 Å². The minimum atomic E-state index is -0.359. The normalized spacial score (nSPS) is 12.4. The maximum atomic E-state index is 10.7. The van der Waals surface area contributed by atoms with E-state index in [2.05, 4.69) is 5.32 Å². The molecule has 4 N–H and O–H groups in total. The fourth-order valence-corrected chi connectivity index (χ4v) is 1.13. The van der Waals surface area contributed by atoms with E-state index >= 15 is 0 Å². The van der Waals surface area contributed by atoms with E-state index < -0.39 is 0 Å². The van der Waals surface area contributed by atoms with Crippen LogP contribution in [0.3, 0.4) is 0 Å². The summed E-state index contributed by atoms with van der Waals surface area (Å²) in [5.74, 6) is -0.359. The van der Waals surface area contributed by atoms with Gasteiger partial charge < -0.3 is 16.2 Å². The van der Waals surface area contributed by atoms with Gasteiger partial charge in [0.1, 0.15) is 0 Å². The number of primary amides is 1. The van der Waals surface area contributed by atoms with Crippen LogP contribution in [0, 0.1) is 0 Å². The average Bonchev–Trinajstić information content (AvgIpc) is 2.26. The SMILES string of the molecule is CC(NCc1ccc(CO)cc1)C(N)=O. The van der Waals surface area contributed by atoms with E-state index in [1.54, 1.807) is 6.92 Å². The molecule has 15 heavy (non-hydrogen) atoms. The Kier molecular flexibility index (Phi) is 4.27. The van der Waals surface area contributed by atoms with E-state index in [1.165, 1.54) is 0 Å². The molecular formula is C11H16N2O2. The van der Waals surface area contributed by atoms with Crippen molar-refractivity contribution in [3.05, 3.63) is 35.4 Å². The van der Waals surface area contributed by atoms with Crippen LogP contribution in [0.1, 0.15) is 18.1 Å². The molecule has 1 amide bonds. The van der Waals surface area contributed by atoms with Crippen LogP contribution < -0.4 is 11.1 Å². The zero-order valence-electron chi connectivity index (χ0n) is 8.73. The molecule has 1 atom stereocenters. The summed E-state index contributed by atoms with van der Waals surface area (Å²) in [5.41, 5.74) is 7.04. The van der Waals surface area contributed by atoms with Crippen LogP contribution in [-0.2, 0) is 17.9 Å². The third kappa shape index (κ3) is 3.69. The van der Waals surface area contributed by atoms with Crippen molar-refractivity contribution in [1.82, 2.24) is 5.32 Å². The molecule has 1 aromatic rings. The second-order valence-electron chi connectivity index (χ2n) is 3.48. The number of carbonyl (C=O) groups excluding carboxylic acids is 1. The predicted molar refractivity (Wildman–Crippen MR) is 57.9 cm³/mol. The molecule has 0 aromatic heterocycles. The molecule has 1 unspecified atom stereocenters. The third-order valence-electron chi connectivity index (χ3n) is 2.24. The van der Waals surface area contributed by atoms with Gasteiger partial charge in [-0.2, -0.15) is 0 Å². The molecule has 4 heteroatoms. The molecule has 0 radical (unpaired) electrons. The molecule has 0 saturated heterocycles. The number of amides is 1. The number of carbonyl (C=O) groups is 1. The first-order valence-electron chi connectivity index (χ1n) is 4.85. The number of benzene rings is 1. The summed E-state index contributed by atoms with van der Waals surface area (Å²) >= 11 is 0. The first-order chi connectivity index (χ1) is 7.13. The van der Waals surface area contributed by atoms with Crippen molar-refractivity contribution in [3.8, 4) is 0 Å². The number of nitrogens with two attached hydrogens (primary N) is 1. The zero-order valence-corrected chi connectivity index (χ0v) is 8.73. The van der Waals surface area contributed by atoms with E-state index in [1.807, 2.05) is 24.3 Å². The van der Waals surface area contributed by atoms with Gasteiger partial charge in [-0.3, -0.25) is 4.79 Å². The van der Waals surface area contributed by atoms with Crippen LogP contribution >= 0.6 is 0 Å². The highest BCUT2D eigenvalue weighted by atomic mass is 16.3. The predicted octanol–water partition coefficient (Wildman–Crippen LogP) is 0.142. The Balaban J connectivity index is 2.47. The minimum Gasteiger partial charge on any atom is -0.392 e. The summed E-state index contributed by atoms with van der Waals surface area (Å²) in [5, 5.41) is 11.8. The number of rotatable bonds is 5.